The Morgan fingerprint density at radius 1 is 1.41 bits per heavy atom. The fourth-order valence-corrected chi connectivity index (χ4v) is 2.50. The van der Waals surface area contributed by atoms with Crippen molar-refractivity contribution in [3.63, 3.8) is 0 Å². The molecule has 1 aromatic rings. The Balaban J connectivity index is 2.04. The number of halogens is 2. The van der Waals surface area contributed by atoms with Crippen molar-refractivity contribution in [3.05, 3.63) is 22.4 Å². The molecule has 0 aromatic heterocycles. The van der Waals surface area contributed by atoms with Gasteiger partial charge in [-0.3, -0.25) is 4.79 Å². The summed E-state index contributed by atoms with van der Waals surface area (Å²) in [6.45, 7) is 0.852. The molecule has 1 fully saturated rings. The first kappa shape index (κ1) is 11.0. The van der Waals surface area contributed by atoms with Crippen LogP contribution in [0.2, 0.25) is 0 Å². The lowest BCUT2D eigenvalue weighted by Gasteiger charge is -2.34. The monoisotopic (exact) mass is 300 g/mol. The first-order valence-corrected chi connectivity index (χ1v) is 6.06. The molecule has 1 saturated heterocycles. The lowest BCUT2D eigenvalue weighted by Crippen LogP contribution is -2.53. The Hall–Kier alpha value is -1.14. The van der Waals surface area contributed by atoms with E-state index in [-0.39, 0.29) is 11.7 Å². The summed E-state index contributed by atoms with van der Waals surface area (Å²) < 4.78 is 19.0. The molecule has 17 heavy (non-hydrogen) atoms. The van der Waals surface area contributed by atoms with Crippen molar-refractivity contribution in [2.24, 2.45) is 0 Å². The summed E-state index contributed by atoms with van der Waals surface area (Å²) in [5.41, 5.74) is 0.435. The number of hydrogen-bond donors (Lipinski definition) is 2. The summed E-state index contributed by atoms with van der Waals surface area (Å²) in [6.07, 6.45) is 0.593. The summed E-state index contributed by atoms with van der Waals surface area (Å²) in [6, 6.07) is 2.93. The molecule has 1 unspecified atom stereocenters. The number of amides is 1. The number of benzene rings is 1. The average Bonchev–Trinajstić information content (AvgIpc) is 2.73. The highest BCUT2D eigenvalue weighted by atomic mass is 79.9. The van der Waals surface area contributed by atoms with Crippen molar-refractivity contribution in [1.29, 1.82) is 0 Å². The molecule has 0 aliphatic carbocycles. The van der Waals surface area contributed by atoms with Gasteiger partial charge in [-0.2, -0.15) is 0 Å². The predicted molar refractivity (Wildman–Crippen MR) is 64.5 cm³/mol. The molecule has 6 heteroatoms. The molecule has 2 heterocycles. The fraction of sp³-hybridized carbons (Fsp3) is 0.364. The van der Waals surface area contributed by atoms with E-state index in [0.29, 0.717) is 35.5 Å². The third kappa shape index (κ3) is 1.63. The maximum absolute atomic E-state index is 13.4. The molecular formula is C11H10BrFN2O2. The van der Waals surface area contributed by atoms with Crippen LogP contribution in [-0.2, 0) is 9.53 Å². The van der Waals surface area contributed by atoms with Gasteiger partial charge < -0.3 is 15.4 Å². The number of carbonyl (C=O) groups is 1. The Bertz CT molecular complexity index is 500. The van der Waals surface area contributed by atoms with Crippen LogP contribution in [0.15, 0.2) is 16.6 Å². The van der Waals surface area contributed by atoms with Crippen LogP contribution < -0.4 is 10.6 Å². The van der Waals surface area contributed by atoms with Crippen LogP contribution >= 0.6 is 15.9 Å². The molecule has 1 aromatic carbocycles. The first-order valence-electron chi connectivity index (χ1n) is 5.27. The minimum Gasteiger partial charge on any atom is -0.378 e. The SMILES string of the molecule is O=C1Nc2cc(Br)c(F)cc2NC12CCOC2. The Morgan fingerprint density at radius 2 is 2.24 bits per heavy atom. The summed E-state index contributed by atoms with van der Waals surface area (Å²) in [5.74, 6) is -0.484. The van der Waals surface area contributed by atoms with Crippen molar-refractivity contribution in [1.82, 2.24) is 0 Å². The van der Waals surface area contributed by atoms with Crippen LogP contribution in [0.4, 0.5) is 15.8 Å². The number of fused-ring (bicyclic) bond motifs is 1. The van der Waals surface area contributed by atoms with Gasteiger partial charge >= 0.3 is 0 Å². The van der Waals surface area contributed by atoms with Crippen molar-refractivity contribution in [2.45, 2.75) is 12.0 Å². The van der Waals surface area contributed by atoms with E-state index in [0.717, 1.165) is 0 Å². The van der Waals surface area contributed by atoms with E-state index in [9.17, 15) is 9.18 Å². The maximum atomic E-state index is 13.4. The van der Waals surface area contributed by atoms with Crippen LogP contribution in [0.5, 0.6) is 0 Å². The smallest absolute Gasteiger partial charge is 0.252 e. The maximum Gasteiger partial charge on any atom is 0.252 e. The number of anilines is 2. The van der Waals surface area contributed by atoms with Gasteiger partial charge in [0.15, 0.2) is 0 Å². The highest BCUT2D eigenvalue weighted by Gasteiger charge is 2.45. The van der Waals surface area contributed by atoms with E-state index in [1.807, 2.05) is 0 Å². The van der Waals surface area contributed by atoms with Gasteiger partial charge in [0.05, 0.1) is 22.5 Å². The van der Waals surface area contributed by atoms with Crippen LogP contribution in [0.1, 0.15) is 6.42 Å². The van der Waals surface area contributed by atoms with E-state index in [1.54, 1.807) is 6.07 Å². The lowest BCUT2D eigenvalue weighted by atomic mass is 9.94. The van der Waals surface area contributed by atoms with E-state index < -0.39 is 5.54 Å². The highest BCUT2D eigenvalue weighted by molar-refractivity contribution is 9.10. The molecule has 0 radical (unpaired) electrons. The summed E-state index contributed by atoms with van der Waals surface area (Å²) >= 11 is 3.09. The Kier molecular flexibility index (Phi) is 2.38. The zero-order valence-electron chi connectivity index (χ0n) is 8.85. The lowest BCUT2D eigenvalue weighted by molar-refractivity contribution is -0.120. The van der Waals surface area contributed by atoms with Gasteiger partial charge in [0.1, 0.15) is 11.4 Å². The molecular weight excluding hydrogens is 291 g/mol. The quantitative estimate of drug-likeness (QED) is 0.771. The normalized spacial score (nSPS) is 26.6. The standard InChI is InChI=1S/C11H10BrFN2O2/c12-6-3-8-9(4-7(6)13)15-11(10(16)14-8)1-2-17-5-11/h3-4,15H,1-2,5H2,(H,14,16). The zero-order chi connectivity index (χ0) is 12.0. The molecule has 90 valence electrons. The van der Waals surface area contributed by atoms with Crippen LogP contribution in [0.25, 0.3) is 0 Å². The molecule has 0 saturated carbocycles. The highest BCUT2D eigenvalue weighted by Crippen LogP contribution is 2.37. The number of nitrogens with one attached hydrogen (secondary N) is 2. The van der Waals surface area contributed by atoms with E-state index in [1.165, 1.54) is 6.07 Å². The molecule has 1 amide bonds. The molecule has 2 N–H and O–H groups in total. The molecule has 2 aliphatic rings. The minimum absolute atomic E-state index is 0.124. The number of ether oxygens (including phenoxy) is 1. The second-order valence-electron chi connectivity index (χ2n) is 4.28. The van der Waals surface area contributed by atoms with Crippen molar-refractivity contribution in [3.8, 4) is 0 Å². The zero-order valence-corrected chi connectivity index (χ0v) is 10.4. The summed E-state index contributed by atoms with van der Waals surface area (Å²) in [5, 5.41) is 5.87. The van der Waals surface area contributed by atoms with Gasteiger partial charge in [-0.05, 0) is 22.0 Å². The Morgan fingerprint density at radius 3 is 2.94 bits per heavy atom. The topological polar surface area (TPSA) is 50.4 Å². The third-order valence-electron chi connectivity index (χ3n) is 3.14. The summed E-state index contributed by atoms with van der Waals surface area (Å²) in [7, 11) is 0. The van der Waals surface area contributed by atoms with Crippen LogP contribution in [0, 0.1) is 5.82 Å². The molecule has 0 bridgehead atoms. The van der Waals surface area contributed by atoms with Gasteiger partial charge in [0.25, 0.3) is 5.91 Å². The van der Waals surface area contributed by atoms with E-state index in [2.05, 4.69) is 26.6 Å². The second kappa shape index (κ2) is 3.68. The van der Waals surface area contributed by atoms with Gasteiger partial charge in [-0.25, -0.2) is 4.39 Å². The van der Waals surface area contributed by atoms with Crippen LogP contribution in [-0.4, -0.2) is 24.7 Å². The van der Waals surface area contributed by atoms with Gasteiger partial charge in [0, 0.05) is 19.1 Å². The number of hydrogen-bond acceptors (Lipinski definition) is 3. The van der Waals surface area contributed by atoms with Crippen LogP contribution in [0.3, 0.4) is 0 Å². The molecule has 3 rings (SSSR count). The largest absolute Gasteiger partial charge is 0.378 e. The van der Waals surface area contributed by atoms with Crippen molar-refractivity contribution < 1.29 is 13.9 Å². The summed E-state index contributed by atoms with van der Waals surface area (Å²) in [4.78, 5) is 12.0. The van der Waals surface area contributed by atoms with Gasteiger partial charge in [0.2, 0.25) is 0 Å². The molecule has 1 spiro atoms. The molecule has 1 atom stereocenters. The van der Waals surface area contributed by atoms with Gasteiger partial charge in [-0.1, -0.05) is 0 Å². The van der Waals surface area contributed by atoms with Crippen molar-refractivity contribution >= 4 is 33.2 Å². The number of carbonyl (C=O) groups excluding carboxylic acids is 1. The Labute approximate surface area is 106 Å². The average molecular weight is 301 g/mol. The molecule has 4 nitrogen and oxygen atoms in total. The number of rotatable bonds is 0. The van der Waals surface area contributed by atoms with Crippen molar-refractivity contribution in [2.75, 3.05) is 23.8 Å². The third-order valence-corrected chi connectivity index (χ3v) is 3.75. The first-order chi connectivity index (χ1) is 8.11. The van der Waals surface area contributed by atoms with Gasteiger partial charge in [-0.15, -0.1) is 0 Å². The molecule has 2 aliphatic heterocycles. The van der Waals surface area contributed by atoms with E-state index in [4.69, 9.17) is 4.74 Å². The minimum atomic E-state index is -0.743. The van der Waals surface area contributed by atoms with E-state index >= 15 is 0 Å². The second-order valence-corrected chi connectivity index (χ2v) is 5.13. The fourth-order valence-electron chi connectivity index (χ4n) is 2.15. The predicted octanol–water partition coefficient (Wildman–Crippen LogP) is 2.11.